The lowest BCUT2D eigenvalue weighted by atomic mass is 10.1. The summed E-state index contributed by atoms with van der Waals surface area (Å²) in [7, 11) is -4.63. The van der Waals surface area contributed by atoms with Crippen LogP contribution in [0.2, 0.25) is 0 Å². The topological polar surface area (TPSA) is 157 Å². The van der Waals surface area contributed by atoms with Gasteiger partial charge in [0, 0.05) is 6.42 Å². The highest BCUT2D eigenvalue weighted by atomic mass is 31.2. The van der Waals surface area contributed by atoms with Crippen molar-refractivity contribution in [2.75, 3.05) is 19.8 Å². The first-order valence-electron chi connectivity index (χ1n) is 6.94. The normalized spacial score (nSPS) is 34.2. The first-order valence-corrected chi connectivity index (χ1v) is 8.47. The summed E-state index contributed by atoms with van der Waals surface area (Å²) >= 11 is 0. The SMILES string of the molecule is O=P(O)(O)OC[C@H]1O[C@@H](N2CN=C3C2=NC=NC[C@H]3O)C[C@@H]1O. The Labute approximate surface area is 131 Å². The molecular formula is C11H17N4O7P. The van der Waals surface area contributed by atoms with E-state index >= 15 is 0 Å². The van der Waals surface area contributed by atoms with E-state index in [4.69, 9.17) is 14.5 Å². The molecule has 4 atom stereocenters. The van der Waals surface area contributed by atoms with Crippen molar-refractivity contribution in [2.24, 2.45) is 15.0 Å². The van der Waals surface area contributed by atoms with Gasteiger partial charge in [-0.2, -0.15) is 0 Å². The van der Waals surface area contributed by atoms with Gasteiger partial charge >= 0.3 is 7.82 Å². The highest BCUT2D eigenvalue weighted by Crippen LogP contribution is 2.37. The molecule has 3 rings (SSSR count). The molecular weight excluding hydrogens is 331 g/mol. The van der Waals surface area contributed by atoms with Crippen molar-refractivity contribution in [3.8, 4) is 0 Å². The molecule has 0 spiro atoms. The maximum absolute atomic E-state index is 10.7. The molecule has 0 aromatic carbocycles. The van der Waals surface area contributed by atoms with Crippen molar-refractivity contribution in [3.63, 3.8) is 0 Å². The Morgan fingerprint density at radius 1 is 1.43 bits per heavy atom. The van der Waals surface area contributed by atoms with Gasteiger partial charge in [0.1, 0.15) is 37.2 Å². The Morgan fingerprint density at radius 2 is 2.22 bits per heavy atom. The second kappa shape index (κ2) is 6.36. The van der Waals surface area contributed by atoms with Crippen molar-refractivity contribution in [3.05, 3.63) is 0 Å². The van der Waals surface area contributed by atoms with Crippen LogP contribution in [0.4, 0.5) is 0 Å². The summed E-state index contributed by atoms with van der Waals surface area (Å²) in [5.41, 5.74) is 0.413. The molecule has 4 N–H and O–H groups in total. The lowest BCUT2D eigenvalue weighted by Crippen LogP contribution is -2.42. The number of nitrogens with zero attached hydrogens (tertiary/aromatic N) is 4. The van der Waals surface area contributed by atoms with Gasteiger partial charge in [-0.15, -0.1) is 0 Å². The number of phosphoric acid groups is 1. The number of fused-ring (bicyclic) bond motifs is 1. The Morgan fingerprint density at radius 3 is 2.96 bits per heavy atom. The molecule has 3 aliphatic rings. The van der Waals surface area contributed by atoms with Crippen LogP contribution in [0.3, 0.4) is 0 Å². The van der Waals surface area contributed by atoms with Gasteiger partial charge in [-0.3, -0.25) is 14.5 Å². The Hall–Kier alpha value is -1.20. The molecule has 12 heteroatoms. The van der Waals surface area contributed by atoms with Crippen LogP contribution in [-0.2, 0) is 13.8 Å². The first kappa shape index (κ1) is 16.7. The Bertz CT molecular complexity index is 603. The Kier molecular flexibility index (Phi) is 4.61. The number of aliphatic imine (C=N–C) groups is 3. The number of phosphoric ester groups is 1. The summed E-state index contributed by atoms with van der Waals surface area (Å²) in [6, 6.07) is 0. The number of amidine groups is 1. The lowest BCUT2D eigenvalue weighted by molar-refractivity contribution is -0.0551. The van der Waals surface area contributed by atoms with E-state index in [9.17, 15) is 14.8 Å². The number of aliphatic hydroxyl groups is 2. The summed E-state index contributed by atoms with van der Waals surface area (Å²) in [5, 5.41) is 19.9. The molecule has 1 saturated heterocycles. The standard InChI is InChI=1S/C11H17N4O7P/c16-6-1-9(22-8(6)3-21-23(18,19)20)15-5-14-10-7(17)2-12-4-13-11(10)15/h4,6-9,16-17H,1-3,5H2,(H2,18,19,20)/t6-,7+,8+,9+/m0/s1. The number of ether oxygens (including phenoxy) is 1. The van der Waals surface area contributed by atoms with Crippen molar-refractivity contribution in [1.82, 2.24) is 4.90 Å². The maximum Gasteiger partial charge on any atom is 0.469 e. The predicted octanol–water partition coefficient (Wildman–Crippen LogP) is -1.91. The van der Waals surface area contributed by atoms with Crippen LogP contribution >= 0.6 is 7.82 Å². The summed E-state index contributed by atoms with van der Waals surface area (Å²) in [4.78, 5) is 31.4. The number of hydrogen-bond donors (Lipinski definition) is 4. The molecule has 0 unspecified atom stereocenters. The van der Waals surface area contributed by atoms with Gasteiger partial charge in [0.15, 0.2) is 5.84 Å². The molecule has 0 aromatic rings. The average Bonchev–Trinajstić information content (AvgIpc) is 2.99. The largest absolute Gasteiger partial charge is 0.469 e. The van der Waals surface area contributed by atoms with Crippen LogP contribution in [0.25, 0.3) is 0 Å². The zero-order chi connectivity index (χ0) is 16.6. The van der Waals surface area contributed by atoms with Crippen molar-refractivity contribution >= 4 is 25.7 Å². The minimum Gasteiger partial charge on any atom is -0.390 e. The monoisotopic (exact) mass is 348 g/mol. The highest BCUT2D eigenvalue weighted by Gasteiger charge is 2.42. The number of rotatable bonds is 4. The second-order valence-corrected chi connectivity index (χ2v) is 6.56. The first-order chi connectivity index (χ1) is 10.8. The van der Waals surface area contributed by atoms with E-state index in [0.717, 1.165) is 0 Å². The third-order valence-corrected chi connectivity index (χ3v) is 4.19. The highest BCUT2D eigenvalue weighted by molar-refractivity contribution is 7.46. The molecule has 11 nitrogen and oxygen atoms in total. The molecule has 0 saturated carbocycles. The smallest absolute Gasteiger partial charge is 0.390 e. The summed E-state index contributed by atoms with van der Waals surface area (Å²) in [6.07, 6.45) is -1.72. The van der Waals surface area contributed by atoms with Crippen molar-refractivity contribution < 1.29 is 33.8 Å². The fourth-order valence-corrected chi connectivity index (χ4v) is 2.96. The third-order valence-electron chi connectivity index (χ3n) is 3.71. The summed E-state index contributed by atoms with van der Waals surface area (Å²) in [5.74, 6) is 0.424. The molecule has 128 valence electrons. The maximum atomic E-state index is 10.7. The molecule has 3 aliphatic heterocycles. The van der Waals surface area contributed by atoms with Gasteiger partial charge in [0.25, 0.3) is 0 Å². The van der Waals surface area contributed by atoms with E-state index in [2.05, 4.69) is 19.5 Å². The lowest BCUT2D eigenvalue weighted by Gasteiger charge is -2.25. The third kappa shape index (κ3) is 3.66. The zero-order valence-corrected chi connectivity index (χ0v) is 12.9. The van der Waals surface area contributed by atoms with Gasteiger partial charge in [-0.1, -0.05) is 0 Å². The van der Waals surface area contributed by atoms with Crippen molar-refractivity contribution in [2.45, 2.75) is 31.0 Å². The van der Waals surface area contributed by atoms with E-state index < -0.39 is 39.0 Å². The average molecular weight is 348 g/mol. The Balaban J connectivity index is 1.66. The predicted molar refractivity (Wildman–Crippen MR) is 78.2 cm³/mol. The molecule has 0 aromatic heterocycles. The minimum atomic E-state index is -4.63. The van der Waals surface area contributed by atoms with Crippen LogP contribution in [-0.4, -0.2) is 87.1 Å². The molecule has 23 heavy (non-hydrogen) atoms. The number of hydrogen-bond acceptors (Lipinski definition) is 9. The number of aliphatic hydroxyl groups excluding tert-OH is 2. The fourth-order valence-electron chi connectivity index (χ4n) is 2.62. The molecule has 0 radical (unpaired) electrons. The van der Waals surface area contributed by atoms with E-state index in [1.165, 1.54) is 6.34 Å². The fraction of sp³-hybridized carbons (Fsp3) is 0.727. The summed E-state index contributed by atoms with van der Waals surface area (Å²) in [6.45, 7) is -0.0465. The summed E-state index contributed by atoms with van der Waals surface area (Å²) < 4.78 is 20.7. The van der Waals surface area contributed by atoms with E-state index in [-0.39, 0.29) is 19.6 Å². The van der Waals surface area contributed by atoms with Gasteiger partial charge in [0.2, 0.25) is 0 Å². The van der Waals surface area contributed by atoms with Crippen LogP contribution in [0.15, 0.2) is 15.0 Å². The van der Waals surface area contributed by atoms with Crippen LogP contribution in [0, 0.1) is 0 Å². The molecule has 0 aliphatic carbocycles. The van der Waals surface area contributed by atoms with Gasteiger partial charge in [-0.25, -0.2) is 9.56 Å². The van der Waals surface area contributed by atoms with Crippen LogP contribution < -0.4 is 0 Å². The minimum absolute atomic E-state index is 0.173. The van der Waals surface area contributed by atoms with E-state index in [1.54, 1.807) is 4.90 Å². The molecule has 3 heterocycles. The molecule has 1 fully saturated rings. The molecule has 0 bridgehead atoms. The van der Waals surface area contributed by atoms with Crippen LogP contribution in [0.1, 0.15) is 6.42 Å². The van der Waals surface area contributed by atoms with Gasteiger partial charge in [-0.05, 0) is 0 Å². The van der Waals surface area contributed by atoms with E-state index in [1.807, 2.05) is 0 Å². The van der Waals surface area contributed by atoms with Crippen molar-refractivity contribution in [1.29, 1.82) is 0 Å². The van der Waals surface area contributed by atoms with Gasteiger partial charge < -0.3 is 29.6 Å². The quantitative estimate of drug-likeness (QED) is 0.429. The second-order valence-electron chi connectivity index (χ2n) is 5.32. The van der Waals surface area contributed by atoms with Gasteiger partial charge in [0.05, 0.1) is 19.3 Å². The zero-order valence-electron chi connectivity index (χ0n) is 12.0. The molecule has 0 amide bonds. The van der Waals surface area contributed by atoms with E-state index in [0.29, 0.717) is 11.5 Å². The van der Waals surface area contributed by atoms with Crippen LogP contribution in [0.5, 0.6) is 0 Å².